The third-order valence-corrected chi connectivity index (χ3v) is 7.93. The van der Waals surface area contributed by atoms with Gasteiger partial charge in [0.1, 0.15) is 12.3 Å². The molecule has 3 aromatic rings. The molecule has 10 heteroatoms. The topological polar surface area (TPSA) is 75.0 Å². The molecule has 0 aliphatic carbocycles. The van der Waals surface area contributed by atoms with Gasteiger partial charge in [-0.2, -0.15) is 18.4 Å². The van der Waals surface area contributed by atoms with Gasteiger partial charge >= 0.3 is 12.3 Å². The Balaban J connectivity index is 1.06. The van der Waals surface area contributed by atoms with Crippen LogP contribution in [0.3, 0.4) is 0 Å². The van der Waals surface area contributed by atoms with Crippen LogP contribution in [0.4, 0.5) is 18.0 Å². The fourth-order valence-electron chi connectivity index (χ4n) is 5.56. The molecule has 0 atom stereocenters. The molecule has 0 N–H and O–H groups in total. The Morgan fingerprint density at radius 3 is 2.49 bits per heavy atom. The minimum atomic E-state index is -4.47. The van der Waals surface area contributed by atoms with E-state index < -0.39 is 17.3 Å². The van der Waals surface area contributed by atoms with E-state index in [1.54, 1.807) is 29.2 Å². The lowest BCUT2D eigenvalue weighted by molar-refractivity contribution is -0.137. The molecule has 0 saturated carbocycles. The molecule has 1 spiro atoms. The summed E-state index contributed by atoms with van der Waals surface area (Å²) in [6.45, 7) is 4.15. The molecule has 2 heterocycles. The standard InChI is InChI=1S/C33H34F3N3O4/c34-33(35,36)29-11-10-28(30(19-29)27-9-4-8-26(18-27)20-37)22-41-17-5-14-38-15-12-32(13-16-38)23-39(31(40)43-32)24-42-21-25-6-2-1-3-7-25/h1-4,6-11,18-19H,5,12-17,21-24H2. The molecule has 1 amide bonds. The third kappa shape index (κ3) is 7.93. The minimum absolute atomic E-state index is 0.158. The van der Waals surface area contributed by atoms with Crippen molar-refractivity contribution >= 4 is 6.09 Å². The number of ether oxygens (including phenoxy) is 3. The van der Waals surface area contributed by atoms with E-state index in [4.69, 9.17) is 14.2 Å². The quantitative estimate of drug-likeness (QED) is 0.233. The van der Waals surface area contributed by atoms with Gasteiger partial charge in [-0.15, -0.1) is 0 Å². The lowest BCUT2D eigenvalue weighted by atomic mass is 9.91. The molecule has 226 valence electrons. The third-order valence-electron chi connectivity index (χ3n) is 7.93. The van der Waals surface area contributed by atoms with Crippen LogP contribution >= 0.6 is 0 Å². The number of amides is 1. The maximum absolute atomic E-state index is 13.4. The molecule has 0 bridgehead atoms. The number of carbonyl (C=O) groups excluding carboxylic acids is 1. The number of likely N-dealkylation sites (tertiary alicyclic amines) is 1. The van der Waals surface area contributed by atoms with Crippen LogP contribution in [0.1, 0.15) is 41.5 Å². The smallest absolute Gasteiger partial charge is 0.416 e. The average molecular weight is 594 g/mol. The largest absolute Gasteiger partial charge is 0.441 e. The van der Waals surface area contributed by atoms with E-state index in [9.17, 15) is 23.2 Å². The van der Waals surface area contributed by atoms with Gasteiger partial charge in [0.15, 0.2) is 0 Å². The van der Waals surface area contributed by atoms with Crippen molar-refractivity contribution in [1.82, 2.24) is 9.80 Å². The molecule has 2 fully saturated rings. The van der Waals surface area contributed by atoms with E-state index in [0.717, 1.165) is 56.6 Å². The predicted molar refractivity (Wildman–Crippen MR) is 154 cm³/mol. The van der Waals surface area contributed by atoms with Crippen LogP contribution in [0.5, 0.6) is 0 Å². The summed E-state index contributed by atoms with van der Waals surface area (Å²) < 4.78 is 57.7. The highest BCUT2D eigenvalue weighted by atomic mass is 19.4. The second kappa shape index (κ2) is 13.6. The summed E-state index contributed by atoms with van der Waals surface area (Å²) in [5.41, 5.74) is 1.77. The van der Waals surface area contributed by atoms with Crippen LogP contribution in [0.25, 0.3) is 11.1 Å². The Morgan fingerprint density at radius 2 is 1.74 bits per heavy atom. The Morgan fingerprint density at radius 1 is 0.953 bits per heavy atom. The first kappa shape index (κ1) is 30.5. The van der Waals surface area contributed by atoms with Gasteiger partial charge < -0.3 is 19.1 Å². The first-order valence-electron chi connectivity index (χ1n) is 14.4. The SMILES string of the molecule is N#Cc1cccc(-c2cc(C(F)(F)F)ccc2COCCCN2CCC3(CC2)CN(COCc2ccccc2)C(=O)O3)c1. The summed E-state index contributed by atoms with van der Waals surface area (Å²) in [4.78, 5) is 16.4. The summed E-state index contributed by atoms with van der Waals surface area (Å²) in [7, 11) is 0. The van der Waals surface area contributed by atoms with Gasteiger partial charge in [-0.05, 0) is 52.9 Å². The highest BCUT2D eigenvalue weighted by molar-refractivity contribution is 5.71. The number of alkyl halides is 3. The molecule has 2 aliphatic rings. The van der Waals surface area contributed by atoms with Crippen molar-refractivity contribution in [2.45, 2.75) is 44.3 Å². The van der Waals surface area contributed by atoms with Crippen molar-refractivity contribution in [2.24, 2.45) is 0 Å². The number of hydrogen-bond donors (Lipinski definition) is 0. The zero-order valence-electron chi connectivity index (χ0n) is 23.8. The van der Waals surface area contributed by atoms with Crippen molar-refractivity contribution in [2.75, 3.05) is 39.5 Å². The second-order valence-corrected chi connectivity index (χ2v) is 11.0. The molecule has 2 aliphatic heterocycles. The van der Waals surface area contributed by atoms with Crippen LogP contribution < -0.4 is 0 Å². The Kier molecular flexibility index (Phi) is 9.65. The van der Waals surface area contributed by atoms with Gasteiger partial charge in [0, 0.05) is 39.1 Å². The van der Waals surface area contributed by atoms with Gasteiger partial charge in [0.25, 0.3) is 0 Å². The van der Waals surface area contributed by atoms with Crippen molar-refractivity contribution in [3.63, 3.8) is 0 Å². The van der Waals surface area contributed by atoms with Crippen LogP contribution in [0.2, 0.25) is 0 Å². The zero-order chi connectivity index (χ0) is 30.3. The second-order valence-electron chi connectivity index (χ2n) is 11.0. The van der Waals surface area contributed by atoms with Crippen molar-refractivity contribution in [1.29, 1.82) is 5.26 Å². The predicted octanol–water partition coefficient (Wildman–Crippen LogP) is 6.61. The Hall–Kier alpha value is -3.91. The molecule has 5 rings (SSSR count). The lowest BCUT2D eigenvalue weighted by Crippen LogP contribution is -2.47. The highest BCUT2D eigenvalue weighted by Gasteiger charge is 2.46. The first-order chi connectivity index (χ1) is 20.7. The first-order valence-corrected chi connectivity index (χ1v) is 14.4. The van der Waals surface area contributed by atoms with Crippen molar-refractivity contribution < 1.29 is 32.2 Å². The number of rotatable bonds is 11. The summed E-state index contributed by atoms with van der Waals surface area (Å²) >= 11 is 0. The molecular formula is C33H34F3N3O4. The van der Waals surface area contributed by atoms with Gasteiger partial charge in [0.2, 0.25) is 0 Å². The summed E-state index contributed by atoms with van der Waals surface area (Å²) in [6.07, 6.45) is -2.57. The van der Waals surface area contributed by atoms with Crippen molar-refractivity contribution in [3.8, 4) is 17.2 Å². The molecule has 0 radical (unpaired) electrons. The van der Waals surface area contributed by atoms with E-state index in [-0.39, 0.29) is 19.4 Å². The Bertz CT molecular complexity index is 1430. The Labute approximate surface area is 249 Å². The number of halogens is 3. The lowest BCUT2D eigenvalue weighted by Gasteiger charge is -2.37. The maximum Gasteiger partial charge on any atom is 0.416 e. The van der Waals surface area contributed by atoms with Crippen molar-refractivity contribution in [3.05, 3.63) is 95.1 Å². The maximum atomic E-state index is 13.4. The summed E-state index contributed by atoms with van der Waals surface area (Å²) in [6, 6.07) is 22.0. The number of benzene rings is 3. The fourth-order valence-corrected chi connectivity index (χ4v) is 5.56. The van der Waals surface area contributed by atoms with Crippen LogP contribution in [0.15, 0.2) is 72.8 Å². The molecule has 7 nitrogen and oxygen atoms in total. The van der Waals surface area contributed by atoms with Crippen LogP contribution in [-0.4, -0.2) is 61.0 Å². The van der Waals surface area contributed by atoms with E-state index in [2.05, 4.69) is 4.90 Å². The van der Waals surface area contributed by atoms with Crippen LogP contribution in [-0.2, 0) is 33.6 Å². The number of nitrogens with zero attached hydrogens (tertiary/aromatic N) is 3. The number of hydrogen-bond acceptors (Lipinski definition) is 6. The number of carbonyl (C=O) groups is 1. The van der Waals surface area contributed by atoms with E-state index in [1.165, 1.54) is 6.07 Å². The van der Waals surface area contributed by atoms with E-state index in [0.29, 0.717) is 42.0 Å². The minimum Gasteiger partial charge on any atom is -0.441 e. The normalized spacial score (nSPS) is 16.8. The average Bonchev–Trinajstić information content (AvgIpc) is 3.32. The van der Waals surface area contributed by atoms with E-state index in [1.807, 2.05) is 36.4 Å². The summed E-state index contributed by atoms with van der Waals surface area (Å²) in [5.74, 6) is 0. The molecule has 3 aromatic carbocycles. The van der Waals surface area contributed by atoms with E-state index >= 15 is 0 Å². The summed E-state index contributed by atoms with van der Waals surface area (Å²) in [5, 5.41) is 9.23. The molecule has 43 heavy (non-hydrogen) atoms. The van der Waals surface area contributed by atoms with Gasteiger partial charge in [0.05, 0.1) is 37.0 Å². The molecule has 2 saturated heterocycles. The highest BCUT2D eigenvalue weighted by Crippen LogP contribution is 2.35. The van der Waals surface area contributed by atoms with Gasteiger partial charge in [-0.3, -0.25) is 4.90 Å². The van der Waals surface area contributed by atoms with Gasteiger partial charge in [-0.1, -0.05) is 48.5 Å². The number of piperidine rings is 1. The molecular weight excluding hydrogens is 559 g/mol. The number of nitriles is 1. The van der Waals surface area contributed by atoms with Gasteiger partial charge in [-0.25, -0.2) is 4.79 Å². The molecule has 0 unspecified atom stereocenters. The zero-order valence-corrected chi connectivity index (χ0v) is 23.8. The van der Waals surface area contributed by atoms with Crippen LogP contribution in [0, 0.1) is 11.3 Å². The fraction of sp³-hybridized carbons (Fsp3) is 0.394. The monoisotopic (exact) mass is 593 g/mol. The molecule has 0 aromatic heterocycles.